The van der Waals surface area contributed by atoms with E-state index in [-0.39, 0.29) is 6.04 Å². The lowest BCUT2D eigenvalue weighted by Crippen LogP contribution is -2.37. The van der Waals surface area contributed by atoms with Gasteiger partial charge in [0.05, 0.1) is 4.90 Å². The van der Waals surface area contributed by atoms with Crippen LogP contribution in [-0.4, -0.2) is 21.5 Å². The van der Waals surface area contributed by atoms with Crippen LogP contribution in [0.3, 0.4) is 0 Å². The molecule has 0 radical (unpaired) electrons. The van der Waals surface area contributed by atoms with Crippen molar-refractivity contribution in [2.24, 2.45) is 5.92 Å². The summed E-state index contributed by atoms with van der Waals surface area (Å²) in [5.74, 6) is 0.717. The molecule has 1 aromatic rings. The molecule has 0 amide bonds. The molecule has 20 heavy (non-hydrogen) atoms. The minimum atomic E-state index is -3.40. The fourth-order valence-electron chi connectivity index (χ4n) is 2.69. The number of hydrogen-bond acceptors (Lipinski definition) is 3. The van der Waals surface area contributed by atoms with Crippen LogP contribution in [0.2, 0.25) is 0 Å². The second kappa shape index (κ2) is 6.70. The Balaban J connectivity index is 2.08. The van der Waals surface area contributed by atoms with E-state index in [4.69, 9.17) is 0 Å². The monoisotopic (exact) mass is 296 g/mol. The van der Waals surface area contributed by atoms with Gasteiger partial charge in [-0.25, -0.2) is 13.1 Å². The van der Waals surface area contributed by atoms with Crippen molar-refractivity contribution in [1.29, 1.82) is 0 Å². The third-order valence-corrected chi connectivity index (χ3v) is 5.45. The van der Waals surface area contributed by atoms with Crippen molar-refractivity contribution >= 4 is 10.0 Å². The normalized spacial score (nSPS) is 23.7. The molecule has 1 aromatic carbocycles. The lowest BCUT2D eigenvalue weighted by molar-refractivity contribution is 0.332. The van der Waals surface area contributed by atoms with Crippen molar-refractivity contribution in [3.63, 3.8) is 0 Å². The fraction of sp³-hybridized carbons (Fsp3) is 0.600. The summed E-state index contributed by atoms with van der Waals surface area (Å²) in [6, 6.07) is 7.21. The zero-order valence-electron chi connectivity index (χ0n) is 12.2. The molecule has 0 spiro atoms. The van der Waals surface area contributed by atoms with Gasteiger partial charge in [0.1, 0.15) is 0 Å². The smallest absolute Gasteiger partial charge is 0.240 e. The van der Waals surface area contributed by atoms with Gasteiger partial charge in [-0.1, -0.05) is 19.1 Å². The highest BCUT2D eigenvalue weighted by atomic mass is 32.2. The minimum absolute atomic E-state index is 0.0872. The second-order valence-corrected chi connectivity index (χ2v) is 7.47. The maximum atomic E-state index is 12.4. The van der Waals surface area contributed by atoms with Crippen molar-refractivity contribution in [3.8, 4) is 0 Å². The SMILES string of the molecule is CNCc1cccc(S(=O)(=O)NC2CCC(C)CC2)c1. The highest BCUT2D eigenvalue weighted by Crippen LogP contribution is 2.24. The molecule has 1 aliphatic rings. The summed E-state index contributed by atoms with van der Waals surface area (Å²) in [6.07, 6.45) is 4.09. The standard InChI is InChI=1S/C15H24N2O2S/c1-12-6-8-14(9-7-12)17-20(18,19)15-5-3-4-13(10-15)11-16-2/h3-5,10,12,14,16-17H,6-9,11H2,1-2H3. The number of sulfonamides is 1. The number of benzene rings is 1. The Morgan fingerprint density at radius 3 is 2.55 bits per heavy atom. The molecular weight excluding hydrogens is 272 g/mol. The van der Waals surface area contributed by atoms with Crippen LogP contribution in [0.5, 0.6) is 0 Å². The Bertz CT molecular complexity index is 535. The van der Waals surface area contributed by atoms with Crippen molar-refractivity contribution in [1.82, 2.24) is 10.0 Å². The van der Waals surface area contributed by atoms with E-state index in [0.29, 0.717) is 11.4 Å². The Hall–Kier alpha value is -0.910. The minimum Gasteiger partial charge on any atom is -0.316 e. The van der Waals surface area contributed by atoms with Gasteiger partial charge in [-0.2, -0.15) is 0 Å². The van der Waals surface area contributed by atoms with E-state index >= 15 is 0 Å². The van der Waals surface area contributed by atoms with Crippen molar-refractivity contribution in [2.45, 2.75) is 50.1 Å². The van der Waals surface area contributed by atoms with Crippen LogP contribution in [0, 0.1) is 5.92 Å². The summed E-state index contributed by atoms with van der Waals surface area (Å²) in [6.45, 7) is 2.90. The first-order valence-electron chi connectivity index (χ1n) is 7.27. The van der Waals surface area contributed by atoms with Crippen LogP contribution in [0.15, 0.2) is 29.2 Å². The lowest BCUT2D eigenvalue weighted by Gasteiger charge is -2.26. The predicted octanol–water partition coefficient (Wildman–Crippen LogP) is 2.26. The summed E-state index contributed by atoms with van der Waals surface area (Å²) < 4.78 is 27.7. The van der Waals surface area contributed by atoms with E-state index in [0.717, 1.165) is 37.2 Å². The van der Waals surface area contributed by atoms with Gasteiger partial charge in [-0.15, -0.1) is 0 Å². The first kappa shape index (κ1) is 15.5. The summed E-state index contributed by atoms with van der Waals surface area (Å²) in [7, 11) is -1.55. The molecule has 112 valence electrons. The van der Waals surface area contributed by atoms with Gasteiger partial charge in [-0.05, 0) is 56.3 Å². The topological polar surface area (TPSA) is 58.2 Å². The molecule has 1 fully saturated rings. The van der Waals surface area contributed by atoms with Crippen LogP contribution in [0.1, 0.15) is 38.2 Å². The maximum absolute atomic E-state index is 12.4. The molecule has 0 atom stereocenters. The van der Waals surface area contributed by atoms with Gasteiger partial charge in [0, 0.05) is 12.6 Å². The summed E-state index contributed by atoms with van der Waals surface area (Å²) in [5, 5.41) is 3.03. The summed E-state index contributed by atoms with van der Waals surface area (Å²) in [5.41, 5.74) is 0.979. The van der Waals surface area contributed by atoms with Crippen molar-refractivity contribution in [2.75, 3.05) is 7.05 Å². The Labute approximate surface area is 122 Å². The van der Waals surface area contributed by atoms with E-state index in [2.05, 4.69) is 17.0 Å². The average molecular weight is 296 g/mol. The maximum Gasteiger partial charge on any atom is 0.240 e. The number of nitrogens with one attached hydrogen (secondary N) is 2. The highest BCUT2D eigenvalue weighted by Gasteiger charge is 2.24. The van der Waals surface area contributed by atoms with Crippen molar-refractivity contribution in [3.05, 3.63) is 29.8 Å². The molecule has 1 saturated carbocycles. The molecule has 0 saturated heterocycles. The Kier molecular flexibility index (Phi) is 5.18. The average Bonchev–Trinajstić information content (AvgIpc) is 2.42. The highest BCUT2D eigenvalue weighted by molar-refractivity contribution is 7.89. The Morgan fingerprint density at radius 2 is 1.90 bits per heavy atom. The third-order valence-electron chi connectivity index (χ3n) is 3.93. The largest absolute Gasteiger partial charge is 0.316 e. The van der Waals surface area contributed by atoms with Gasteiger partial charge >= 0.3 is 0 Å². The van der Waals surface area contributed by atoms with E-state index in [1.54, 1.807) is 18.2 Å². The number of rotatable bonds is 5. The van der Waals surface area contributed by atoms with Gasteiger partial charge in [-0.3, -0.25) is 0 Å². The van der Waals surface area contributed by atoms with Crippen molar-refractivity contribution < 1.29 is 8.42 Å². The second-order valence-electron chi connectivity index (χ2n) is 5.76. The van der Waals surface area contributed by atoms with Crippen LogP contribution >= 0.6 is 0 Å². The lowest BCUT2D eigenvalue weighted by atomic mass is 9.88. The molecular formula is C15H24N2O2S. The third kappa shape index (κ3) is 4.04. The van der Waals surface area contributed by atoms with Crippen LogP contribution < -0.4 is 10.0 Å². The zero-order valence-corrected chi connectivity index (χ0v) is 13.0. The molecule has 4 nitrogen and oxygen atoms in total. The molecule has 0 aliphatic heterocycles. The molecule has 1 aliphatic carbocycles. The first-order valence-corrected chi connectivity index (χ1v) is 8.75. The van der Waals surface area contributed by atoms with E-state index in [1.165, 1.54) is 0 Å². The molecule has 0 heterocycles. The molecule has 2 rings (SSSR count). The molecule has 2 N–H and O–H groups in total. The van der Waals surface area contributed by atoms with Crippen LogP contribution in [0.25, 0.3) is 0 Å². The van der Waals surface area contributed by atoms with Crippen LogP contribution in [0.4, 0.5) is 0 Å². The van der Waals surface area contributed by atoms with E-state index < -0.39 is 10.0 Å². The summed E-state index contributed by atoms with van der Waals surface area (Å²) >= 11 is 0. The summed E-state index contributed by atoms with van der Waals surface area (Å²) in [4.78, 5) is 0.365. The first-order chi connectivity index (χ1) is 9.51. The fourth-order valence-corrected chi connectivity index (χ4v) is 4.07. The van der Waals surface area contributed by atoms with E-state index in [1.807, 2.05) is 13.1 Å². The van der Waals surface area contributed by atoms with Gasteiger partial charge in [0.2, 0.25) is 10.0 Å². The number of hydrogen-bond donors (Lipinski definition) is 2. The molecule has 5 heteroatoms. The quantitative estimate of drug-likeness (QED) is 0.876. The predicted molar refractivity (Wildman–Crippen MR) is 80.9 cm³/mol. The van der Waals surface area contributed by atoms with Gasteiger partial charge < -0.3 is 5.32 Å². The van der Waals surface area contributed by atoms with E-state index in [9.17, 15) is 8.42 Å². The van der Waals surface area contributed by atoms with Gasteiger partial charge in [0.25, 0.3) is 0 Å². The zero-order chi connectivity index (χ0) is 14.6. The molecule has 0 bridgehead atoms. The molecule has 0 aromatic heterocycles. The Morgan fingerprint density at radius 1 is 1.20 bits per heavy atom. The van der Waals surface area contributed by atoms with Gasteiger partial charge in [0.15, 0.2) is 0 Å². The molecule has 0 unspecified atom stereocenters. The van der Waals surface area contributed by atoms with Crippen LogP contribution in [-0.2, 0) is 16.6 Å².